The first kappa shape index (κ1) is 13.9. The van der Waals surface area contributed by atoms with E-state index in [2.05, 4.69) is 9.82 Å². The molecule has 1 heterocycles. The van der Waals surface area contributed by atoms with Crippen molar-refractivity contribution in [3.05, 3.63) is 47.2 Å². The number of aromatic nitrogens is 2. The van der Waals surface area contributed by atoms with Gasteiger partial charge >= 0.3 is 0 Å². The Balaban J connectivity index is 2.13. The topological polar surface area (TPSA) is 64.0 Å². The maximum absolute atomic E-state index is 12.0. The first-order valence-corrected chi connectivity index (χ1v) is 7.79. The minimum absolute atomic E-state index is 0.163. The highest BCUT2D eigenvalue weighted by Gasteiger charge is 2.14. The zero-order valence-electron chi connectivity index (χ0n) is 10.4. The number of hydrogen-bond acceptors (Lipinski definition) is 3. The van der Waals surface area contributed by atoms with Gasteiger partial charge in [0.05, 0.1) is 17.6 Å². The highest BCUT2D eigenvalue weighted by molar-refractivity contribution is 7.91. The Bertz CT molecular complexity index is 667. The van der Waals surface area contributed by atoms with Gasteiger partial charge in [-0.25, -0.2) is 8.42 Å². The summed E-state index contributed by atoms with van der Waals surface area (Å²) in [7, 11) is -3.49. The number of nitrogens with one attached hydrogen (secondary N) is 1. The standard InChI is InChI=1S/C12H14ClN3O2S/c1-2-16-8-11(7-14-16)15-19(17,18)9-10-5-3-4-6-12(10)13/h3-8,15H,2,9H2,1H3. The fourth-order valence-electron chi connectivity index (χ4n) is 1.63. The van der Waals surface area contributed by atoms with Crippen LogP contribution in [0.1, 0.15) is 12.5 Å². The first-order valence-electron chi connectivity index (χ1n) is 5.76. The Morgan fingerprint density at radius 3 is 2.74 bits per heavy atom. The summed E-state index contributed by atoms with van der Waals surface area (Å²) in [5.74, 6) is -0.163. The van der Waals surface area contributed by atoms with E-state index in [4.69, 9.17) is 11.6 Å². The minimum Gasteiger partial charge on any atom is -0.280 e. The molecule has 0 saturated carbocycles. The van der Waals surface area contributed by atoms with E-state index in [-0.39, 0.29) is 5.75 Å². The van der Waals surface area contributed by atoms with Crippen molar-refractivity contribution >= 4 is 27.3 Å². The molecule has 0 aliphatic rings. The Kier molecular flexibility index (Phi) is 4.11. The predicted octanol–water partition coefficient (Wildman–Crippen LogP) is 2.50. The summed E-state index contributed by atoms with van der Waals surface area (Å²) in [6, 6.07) is 6.88. The highest BCUT2D eigenvalue weighted by atomic mass is 35.5. The van der Waals surface area contributed by atoms with Crippen LogP contribution in [0.3, 0.4) is 0 Å². The van der Waals surface area contributed by atoms with Crippen LogP contribution in [0.15, 0.2) is 36.7 Å². The van der Waals surface area contributed by atoms with E-state index in [0.717, 1.165) is 0 Å². The lowest BCUT2D eigenvalue weighted by Crippen LogP contribution is -2.15. The zero-order chi connectivity index (χ0) is 13.9. The summed E-state index contributed by atoms with van der Waals surface area (Å²) in [6.45, 7) is 2.61. The molecule has 0 fully saturated rings. The molecule has 102 valence electrons. The number of hydrogen-bond donors (Lipinski definition) is 1. The lowest BCUT2D eigenvalue weighted by molar-refractivity contribution is 0.600. The highest BCUT2D eigenvalue weighted by Crippen LogP contribution is 2.19. The fraction of sp³-hybridized carbons (Fsp3) is 0.250. The van der Waals surface area contributed by atoms with Gasteiger partial charge in [0.25, 0.3) is 0 Å². The van der Waals surface area contributed by atoms with Crippen LogP contribution in [0.5, 0.6) is 0 Å². The van der Waals surface area contributed by atoms with Crippen molar-refractivity contribution in [1.29, 1.82) is 0 Å². The molecule has 0 amide bonds. The molecular weight excluding hydrogens is 286 g/mol. The van der Waals surface area contributed by atoms with Gasteiger partial charge in [-0.05, 0) is 18.6 Å². The van der Waals surface area contributed by atoms with Crippen molar-refractivity contribution in [2.75, 3.05) is 4.72 Å². The lowest BCUT2D eigenvalue weighted by Gasteiger charge is -2.07. The summed E-state index contributed by atoms with van der Waals surface area (Å²) < 4.78 is 28.1. The summed E-state index contributed by atoms with van der Waals surface area (Å²) in [5.41, 5.74) is 1.02. The molecule has 0 aliphatic carbocycles. The van der Waals surface area contributed by atoms with Crippen LogP contribution < -0.4 is 4.72 Å². The number of nitrogens with zero attached hydrogens (tertiary/aromatic N) is 2. The Hall–Kier alpha value is -1.53. The van der Waals surface area contributed by atoms with Crippen LogP contribution in [0.25, 0.3) is 0 Å². The summed E-state index contributed by atoms with van der Waals surface area (Å²) >= 11 is 5.95. The van der Waals surface area contributed by atoms with Gasteiger partial charge in [0, 0.05) is 17.8 Å². The maximum atomic E-state index is 12.0. The van der Waals surface area contributed by atoms with Gasteiger partial charge in [0.1, 0.15) is 0 Å². The summed E-state index contributed by atoms with van der Waals surface area (Å²) in [6.07, 6.45) is 3.12. The predicted molar refractivity (Wildman–Crippen MR) is 75.6 cm³/mol. The number of sulfonamides is 1. The van der Waals surface area contributed by atoms with Crippen LogP contribution >= 0.6 is 11.6 Å². The molecule has 0 aliphatic heterocycles. The van der Waals surface area contributed by atoms with Gasteiger partial charge in [-0.2, -0.15) is 5.10 Å². The smallest absolute Gasteiger partial charge is 0.237 e. The van der Waals surface area contributed by atoms with Gasteiger partial charge in [-0.3, -0.25) is 9.40 Å². The van der Waals surface area contributed by atoms with Crippen LogP contribution in [-0.4, -0.2) is 18.2 Å². The normalized spacial score (nSPS) is 11.5. The number of anilines is 1. The van der Waals surface area contributed by atoms with Crippen molar-refractivity contribution in [3.63, 3.8) is 0 Å². The van der Waals surface area contributed by atoms with E-state index in [0.29, 0.717) is 22.8 Å². The maximum Gasteiger partial charge on any atom is 0.237 e. The Morgan fingerprint density at radius 1 is 1.37 bits per heavy atom. The molecule has 2 rings (SSSR count). The molecule has 1 aromatic carbocycles. The third-order valence-electron chi connectivity index (χ3n) is 2.53. The largest absolute Gasteiger partial charge is 0.280 e. The molecule has 0 bridgehead atoms. The van der Waals surface area contributed by atoms with Gasteiger partial charge in [0.2, 0.25) is 10.0 Å². The molecule has 0 unspecified atom stereocenters. The SMILES string of the molecule is CCn1cc(NS(=O)(=O)Cc2ccccc2Cl)cn1. The Morgan fingerprint density at radius 2 is 2.11 bits per heavy atom. The van der Waals surface area contributed by atoms with Crippen molar-refractivity contribution < 1.29 is 8.42 Å². The monoisotopic (exact) mass is 299 g/mol. The average Bonchev–Trinajstić information content (AvgIpc) is 2.78. The molecule has 1 N–H and O–H groups in total. The van der Waals surface area contributed by atoms with E-state index < -0.39 is 10.0 Å². The zero-order valence-corrected chi connectivity index (χ0v) is 11.9. The van der Waals surface area contributed by atoms with Crippen LogP contribution in [-0.2, 0) is 22.3 Å². The minimum atomic E-state index is -3.49. The van der Waals surface area contributed by atoms with Gasteiger partial charge in [0.15, 0.2) is 0 Å². The molecule has 1 aromatic heterocycles. The average molecular weight is 300 g/mol. The quantitative estimate of drug-likeness (QED) is 0.922. The molecule has 0 atom stereocenters. The lowest BCUT2D eigenvalue weighted by atomic mass is 10.2. The van der Waals surface area contributed by atoms with Crippen molar-refractivity contribution in [2.24, 2.45) is 0 Å². The molecule has 7 heteroatoms. The molecule has 2 aromatic rings. The van der Waals surface area contributed by atoms with Crippen LogP contribution in [0.4, 0.5) is 5.69 Å². The van der Waals surface area contributed by atoms with E-state index in [1.807, 2.05) is 6.92 Å². The molecular formula is C12H14ClN3O2S. The summed E-state index contributed by atoms with van der Waals surface area (Å²) in [4.78, 5) is 0. The van der Waals surface area contributed by atoms with Crippen molar-refractivity contribution in [2.45, 2.75) is 19.2 Å². The number of benzene rings is 1. The molecule has 0 saturated heterocycles. The first-order chi connectivity index (χ1) is 9.00. The van der Waals surface area contributed by atoms with Crippen LogP contribution in [0.2, 0.25) is 5.02 Å². The Labute approximate surface area is 117 Å². The molecule has 0 radical (unpaired) electrons. The molecule has 0 spiro atoms. The fourth-order valence-corrected chi connectivity index (χ4v) is 3.10. The second-order valence-electron chi connectivity index (χ2n) is 4.04. The van der Waals surface area contributed by atoms with Crippen molar-refractivity contribution in [1.82, 2.24) is 9.78 Å². The van der Waals surface area contributed by atoms with Gasteiger partial charge in [-0.1, -0.05) is 29.8 Å². The van der Waals surface area contributed by atoms with E-state index >= 15 is 0 Å². The van der Waals surface area contributed by atoms with E-state index in [9.17, 15) is 8.42 Å². The molecule has 5 nitrogen and oxygen atoms in total. The number of aryl methyl sites for hydroxylation is 1. The third-order valence-corrected chi connectivity index (χ3v) is 4.14. The summed E-state index contributed by atoms with van der Waals surface area (Å²) in [5, 5.41) is 4.45. The van der Waals surface area contributed by atoms with Crippen molar-refractivity contribution in [3.8, 4) is 0 Å². The van der Waals surface area contributed by atoms with E-state index in [1.54, 1.807) is 35.1 Å². The van der Waals surface area contributed by atoms with Crippen LogP contribution in [0, 0.1) is 0 Å². The third kappa shape index (κ3) is 3.71. The molecule has 19 heavy (non-hydrogen) atoms. The number of rotatable bonds is 5. The van der Waals surface area contributed by atoms with E-state index in [1.165, 1.54) is 6.20 Å². The van der Waals surface area contributed by atoms with Gasteiger partial charge < -0.3 is 0 Å². The number of halogens is 1. The second kappa shape index (κ2) is 5.63. The van der Waals surface area contributed by atoms with Gasteiger partial charge in [-0.15, -0.1) is 0 Å². The second-order valence-corrected chi connectivity index (χ2v) is 6.17.